The molecule has 0 saturated heterocycles. The van der Waals surface area contributed by atoms with Crippen molar-refractivity contribution in [1.29, 1.82) is 0 Å². The summed E-state index contributed by atoms with van der Waals surface area (Å²) in [6, 6.07) is 7.42. The molecule has 0 fully saturated rings. The van der Waals surface area contributed by atoms with Crippen LogP contribution in [-0.4, -0.2) is 37.7 Å². The summed E-state index contributed by atoms with van der Waals surface area (Å²) >= 11 is 0. The van der Waals surface area contributed by atoms with Crippen LogP contribution in [0.1, 0.15) is 13.3 Å². The van der Waals surface area contributed by atoms with Crippen LogP contribution >= 0.6 is 12.4 Å². The molecule has 5 nitrogen and oxygen atoms in total. The Bertz CT molecular complexity index is 562. The summed E-state index contributed by atoms with van der Waals surface area (Å²) in [6.07, 6.45) is 2.19. The minimum absolute atomic E-state index is 0. The van der Waals surface area contributed by atoms with Crippen molar-refractivity contribution in [3.63, 3.8) is 0 Å². The van der Waals surface area contributed by atoms with E-state index in [0.29, 0.717) is 18.0 Å². The van der Waals surface area contributed by atoms with Crippen molar-refractivity contribution in [2.45, 2.75) is 25.6 Å². The summed E-state index contributed by atoms with van der Waals surface area (Å²) in [5.41, 5.74) is 1.26. The number of hydrogen-bond donors (Lipinski definition) is 2. The highest BCUT2D eigenvalue weighted by atomic mass is 35.5. The third-order valence-electron chi connectivity index (χ3n) is 3.75. The number of hydrogen-bond acceptors (Lipinski definition) is 4. The number of carbonyl (C=O) groups is 1. The summed E-state index contributed by atoms with van der Waals surface area (Å²) in [5.74, 6) is 1.18. The van der Waals surface area contributed by atoms with Gasteiger partial charge in [-0.2, -0.15) is 0 Å². The number of para-hydroxylation sites is 2. The van der Waals surface area contributed by atoms with Gasteiger partial charge in [-0.1, -0.05) is 23.8 Å². The van der Waals surface area contributed by atoms with E-state index in [2.05, 4.69) is 16.7 Å². The molecule has 0 saturated carbocycles. The zero-order chi connectivity index (χ0) is 14.7. The molecule has 1 amide bonds. The Morgan fingerprint density at radius 2 is 2.05 bits per heavy atom. The fourth-order valence-corrected chi connectivity index (χ4v) is 2.54. The molecule has 2 atom stereocenters. The summed E-state index contributed by atoms with van der Waals surface area (Å²) in [7, 11) is 0. The molecule has 0 radical (unpaired) electrons. The average molecular weight is 325 g/mol. The number of nitrogens with one attached hydrogen (secondary N) is 2. The van der Waals surface area contributed by atoms with E-state index >= 15 is 0 Å². The van der Waals surface area contributed by atoms with Gasteiger partial charge in [0.15, 0.2) is 11.5 Å². The van der Waals surface area contributed by atoms with Crippen molar-refractivity contribution in [3.05, 3.63) is 35.9 Å². The van der Waals surface area contributed by atoms with Gasteiger partial charge in [0.2, 0.25) is 6.10 Å². The largest absolute Gasteiger partial charge is 0.482 e. The van der Waals surface area contributed by atoms with E-state index < -0.39 is 6.10 Å². The van der Waals surface area contributed by atoms with E-state index in [0.717, 1.165) is 19.5 Å². The van der Waals surface area contributed by atoms with Crippen molar-refractivity contribution in [1.82, 2.24) is 10.6 Å². The van der Waals surface area contributed by atoms with Gasteiger partial charge in [0.05, 0.1) is 0 Å². The maximum absolute atomic E-state index is 12.3. The number of ether oxygens (including phenoxy) is 2. The smallest absolute Gasteiger partial charge is 0.265 e. The lowest BCUT2D eigenvalue weighted by Gasteiger charge is -2.31. The summed E-state index contributed by atoms with van der Waals surface area (Å²) in [6.45, 7) is 4.27. The molecule has 2 unspecified atom stereocenters. The van der Waals surface area contributed by atoms with Crippen LogP contribution in [0.2, 0.25) is 0 Å². The SMILES string of the molecule is CC1Oc2ccccc2OC1C(=O)NCC1=CCNCC1.Cl. The molecule has 120 valence electrons. The lowest BCUT2D eigenvalue weighted by molar-refractivity contribution is -0.133. The highest BCUT2D eigenvalue weighted by molar-refractivity contribution is 5.85. The predicted molar refractivity (Wildman–Crippen MR) is 86.8 cm³/mol. The van der Waals surface area contributed by atoms with Crippen LogP contribution in [0, 0.1) is 0 Å². The van der Waals surface area contributed by atoms with E-state index in [4.69, 9.17) is 9.47 Å². The van der Waals surface area contributed by atoms with Gasteiger partial charge in [0, 0.05) is 13.1 Å². The van der Waals surface area contributed by atoms with Gasteiger partial charge >= 0.3 is 0 Å². The number of amides is 1. The molecule has 6 heteroatoms. The molecule has 22 heavy (non-hydrogen) atoms. The van der Waals surface area contributed by atoms with Crippen molar-refractivity contribution in [2.75, 3.05) is 19.6 Å². The zero-order valence-electron chi connectivity index (χ0n) is 12.5. The van der Waals surface area contributed by atoms with E-state index in [1.54, 1.807) is 0 Å². The predicted octanol–water partition coefficient (Wildman–Crippen LogP) is 1.67. The number of carbonyl (C=O) groups excluding carboxylic acids is 1. The van der Waals surface area contributed by atoms with E-state index in [1.165, 1.54) is 5.57 Å². The standard InChI is InChI=1S/C16H20N2O3.ClH/c1-11-15(21-14-5-3-2-4-13(14)20-11)16(19)18-10-12-6-8-17-9-7-12;/h2-6,11,15,17H,7-10H2,1H3,(H,18,19);1H. The Morgan fingerprint density at radius 3 is 2.73 bits per heavy atom. The first-order valence-electron chi connectivity index (χ1n) is 7.33. The monoisotopic (exact) mass is 324 g/mol. The Labute approximate surface area is 136 Å². The zero-order valence-corrected chi connectivity index (χ0v) is 13.3. The van der Waals surface area contributed by atoms with Crippen LogP contribution in [-0.2, 0) is 4.79 Å². The van der Waals surface area contributed by atoms with Gasteiger partial charge in [-0.3, -0.25) is 4.79 Å². The molecule has 0 bridgehead atoms. The molecule has 0 spiro atoms. The maximum Gasteiger partial charge on any atom is 0.265 e. The minimum atomic E-state index is -0.609. The van der Waals surface area contributed by atoms with Gasteiger partial charge in [0.25, 0.3) is 5.91 Å². The summed E-state index contributed by atoms with van der Waals surface area (Å²) in [4.78, 5) is 12.3. The summed E-state index contributed by atoms with van der Waals surface area (Å²) in [5, 5.41) is 6.19. The molecule has 2 aliphatic heterocycles. The number of fused-ring (bicyclic) bond motifs is 1. The van der Waals surface area contributed by atoms with Gasteiger partial charge in [-0.05, 0) is 32.0 Å². The second-order valence-corrected chi connectivity index (χ2v) is 5.34. The molecule has 0 aliphatic carbocycles. The molecule has 3 rings (SSSR count). The van der Waals surface area contributed by atoms with Gasteiger partial charge in [-0.25, -0.2) is 0 Å². The number of halogens is 1. The Balaban J connectivity index is 0.00000176. The highest BCUT2D eigenvalue weighted by Crippen LogP contribution is 2.33. The van der Waals surface area contributed by atoms with Crippen molar-refractivity contribution >= 4 is 18.3 Å². The fourth-order valence-electron chi connectivity index (χ4n) is 2.54. The van der Waals surface area contributed by atoms with Gasteiger partial charge < -0.3 is 20.1 Å². The lowest BCUT2D eigenvalue weighted by Crippen LogP contribution is -2.49. The molecule has 2 aliphatic rings. The Morgan fingerprint density at radius 1 is 1.32 bits per heavy atom. The Hall–Kier alpha value is -1.72. The van der Waals surface area contributed by atoms with Crippen LogP contribution in [0.5, 0.6) is 11.5 Å². The molecular weight excluding hydrogens is 304 g/mol. The first-order valence-corrected chi connectivity index (χ1v) is 7.33. The van der Waals surface area contributed by atoms with Gasteiger partial charge in [0.1, 0.15) is 6.10 Å². The molecule has 2 heterocycles. The third-order valence-corrected chi connectivity index (χ3v) is 3.75. The molecule has 1 aromatic rings. The minimum Gasteiger partial charge on any atom is -0.482 e. The van der Waals surface area contributed by atoms with Crippen LogP contribution in [0.3, 0.4) is 0 Å². The second kappa shape index (κ2) is 7.51. The molecule has 2 N–H and O–H groups in total. The average Bonchev–Trinajstić information content (AvgIpc) is 2.53. The highest BCUT2D eigenvalue weighted by Gasteiger charge is 2.33. The molecular formula is C16H21ClN2O3. The van der Waals surface area contributed by atoms with Crippen molar-refractivity contribution in [2.24, 2.45) is 0 Å². The third kappa shape index (κ3) is 3.72. The van der Waals surface area contributed by atoms with Crippen molar-refractivity contribution in [3.8, 4) is 11.5 Å². The second-order valence-electron chi connectivity index (χ2n) is 5.34. The van der Waals surface area contributed by atoms with Gasteiger partial charge in [-0.15, -0.1) is 12.4 Å². The van der Waals surface area contributed by atoms with Crippen LogP contribution in [0.15, 0.2) is 35.9 Å². The van der Waals surface area contributed by atoms with Crippen LogP contribution in [0.25, 0.3) is 0 Å². The van der Waals surface area contributed by atoms with E-state index in [1.807, 2.05) is 31.2 Å². The molecule has 1 aromatic carbocycles. The fraction of sp³-hybridized carbons (Fsp3) is 0.438. The maximum atomic E-state index is 12.3. The van der Waals surface area contributed by atoms with E-state index in [-0.39, 0.29) is 24.4 Å². The number of benzene rings is 1. The first-order chi connectivity index (χ1) is 10.2. The first kappa shape index (κ1) is 16.6. The number of rotatable bonds is 3. The van der Waals surface area contributed by atoms with Crippen LogP contribution in [0.4, 0.5) is 0 Å². The van der Waals surface area contributed by atoms with E-state index in [9.17, 15) is 4.79 Å². The lowest BCUT2D eigenvalue weighted by atomic mass is 10.1. The summed E-state index contributed by atoms with van der Waals surface area (Å²) < 4.78 is 11.5. The topological polar surface area (TPSA) is 59.6 Å². The van der Waals surface area contributed by atoms with Crippen molar-refractivity contribution < 1.29 is 14.3 Å². The Kier molecular flexibility index (Phi) is 5.69. The molecule has 0 aromatic heterocycles. The van der Waals surface area contributed by atoms with Crippen LogP contribution < -0.4 is 20.1 Å². The normalized spacial score (nSPS) is 23.0. The quantitative estimate of drug-likeness (QED) is 0.830.